The highest BCUT2D eigenvalue weighted by molar-refractivity contribution is 6.09. The van der Waals surface area contributed by atoms with E-state index < -0.39 is 5.92 Å². The second kappa shape index (κ2) is 2.73. The Morgan fingerprint density at radius 3 is 2.58 bits per heavy atom. The molecule has 64 valence electrons. The lowest BCUT2D eigenvalue weighted by Crippen LogP contribution is -2.45. The van der Waals surface area contributed by atoms with Gasteiger partial charge in [0, 0.05) is 5.92 Å². The second-order valence-electron chi connectivity index (χ2n) is 3.24. The Labute approximate surface area is 70.4 Å². The number of rotatable bonds is 1. The van der Waals surface area contributed by atoms with Gasteiger partial charge in [-0.3, -0.25) is 9.59 Å². The van der Waals surface area contributed by atoms with Gasteiger partial charge in [0.25, 0.3) is 0 Å². The molecule has 0 radical (unpaired) electrons. The molecule has 0 aromatic rings. The Kier molecular flexibility index (Phi) is 1.71. The van der Waals surface area contributed by atoms with Crippen molar-refractivity contribution in [2.75, 3.05) is 0 Å². The zero-order valence-corrected chi connectivity index (χ0v) is 6.66. The van der Waals surface area contributed by atoms with Crippen LogP contribution in [0.15, 0.2) is 12.2 Å². The molecule has 0 aromatic heterocycles. The third-order valence-electron chi connectivity index (χ3n) is 2.43. The van der Waals surface area contributed by atoms with Crippen LogP contribution in [0.3, 0.4) is 0 Å². The molecule has 1 aliphatic heterocycles. The van der Waals surface area contributed by atoms with Crippen molar-refractivity contribution in [1.29, 1.82) is 0 Å². The Balaban J connectivity index is 2.08. The molecule has 2 aliphatic rings. The van der Waals surface area contributed by atoms with Gasteiger partial charge in [-0.1, -0.05) is 12.2 Å². The minimum absolute atomic E-state index is 0.104. The largest absolute Gasteiger partial charge is 0.392 e. The van der Waals surface area contributed by atoms with E-state index in [-0.39, 0.29) is 17.9 Å². The minimum atomic E-state index is -0.485. The smallest absolute Gasteiger partial charge is 0.328 e. The monoisotopic (exact) mass is 166 g/mol. The van der Waals surface area contributed by atoms with Gasteiger partial charge in [-0.15, -0.1) is 0 Å². The Morgan fingerprint density at radius 1 is 1.33 bits per heavy atom. The molecular weight excluding hydrogens is 156 g/mol. The van der Waals surface area contributed by atoms with Gasteiger partial charge in [0.2, 0.25) is 0 Å². The van der Waals surface area contributed by atoms with Crippen LogP contribution in [0, 0.1) is 11.8 Å². The SMILES string of the molecule is O=C1OC(=O)C1C1C=CCCC1. The van der Waals surface area contributed by atoms with Crippen LogP contribution in [0.2, 0.25) is 0 Å². The maximum Gasteiger partial charge on any atom is 0.328 e. The maximum absolute atomic E-state index is 10.9. The first kappa shape index (κ1) is 7.53. The van der Waals surface area contributed by atoms with E-state index in [1.165, 1.54) is 0 Å². The van der Waals surface area contributed by atoms with Crippen LogP contribution in [-0.2, 0) is 14.3 Å². The molecule has 1 unspecified atom stereocenters. The summed E-state index contributed by atoms with van der Waals surface area (Å²) in [6.07, 6.45) is 7.06. The summed E-state index contributed by atoms with van der Waals surface area (Å²) in [5.41, 5.74) is 0. The summed E-state index contributed by atoms with van der Waals surface area (Å²) in [4.78, 5) is 21.7. The Bertz CT molecular complexity index is 240. The van der Waals surface area contributed by atoms with E-state index in [0.29, 0.717) is 0 Å². The van der Waals surface area contributed by atoms with Gasteiger partial charge in [-0.25, -0.2) is 0 Å². The van der Waals surface area contributed by atoms with E-state index in [4.69, 9.17) is 0 Å². The number of carbonyl (C=O) groups is 2. The van der Waals surface area contributed by atoms with Crippen molar-refractivity contribution in [3.8, 4) is 0 Å². The third kappa shape index (κ3) is 1.05. The summed E-state index contributed by atoms with van der Waals surface area (Å²) in [6.45, 7) is 0. The second-order valence-corrected chi connectivity index (χ2v) is 3.24. The van der Waals surface area contributed by atoms with E-state index in [1.54, 1.807) is 0 Å². The fourth-order valence-corrected chi connectivity index (χ4v) is 1.73. The van der Waals surface area contributed by atoms with Gasteiger partial charge in [0.15, 0.2) is 5.92 Å². The summed E-state index contributed by atoms with van der Waals surface area (Å²) < 4.78 is 4.29. The van der Waals surface area contributed by atoms with Crippen LogP contribution in [-0.4, -0.2) is 11.9 Å². The van der Waals surface area contributed by atoms with Crippen molar-refractivity contribution in [2.24, 2.45) is 11.8 Å². The van der Waals surface area contributed by atoms with Crippen LogP contribution >= 0.6 is 0 Å². The highest BCUT2D eigenvalue weighted by atomic mass is 16.6. The van der Waals surface area contributed by atoms with Crippen LogP contribution in [0.4, 0.5) is 0 Å². The molecule has 0 bridgehead atoms. The zero-order chi connectivity index (χ0) is 8.55. The van der Waals surface area contributed by atoms with Crippen LogP contribution < -0.4 is 0 Å². The zero-order valence-electron chi connectivity index (χ0n) is 6.66. The number of hydrogen-bond donors (Lipinski definition) is 0. The molecule has 0 spiro atoms. The molecule has 1 atom stereocenters. The van der Waals surface area contributed by atoms with Crippen molar-refractivity contribution < 1.29 is 14.3 Å². The van der Waals surface area contributed by atoms with Gasteiger partial charge < -0.3 is 4.74 Å². The summed E-state index contributed by atoms with van der Waals surface area (Å²) in [5.74, 6) is -1.08. The van der Waals surface area contributed by atoms with E-state index in [2.05, 4.69) is 4.74 Å². The first-order valence-corrected chi connectivity index (χ1v) is 4.21. The van der Waals surface area contributed by atoms with E-state index >= 15 is 0 Å². The fourth-order valence-electron chi connectivity index (χ4n) is 1.73. The van der Waals surface area contributed by atoms with E-state index in [9.17, 15) is 9.59 Å². The third-order valence-corrected chi connectivity index (χ3v) is 2.43. The molecule has 0 saturated carbocycles. The predicted octanol–water partition coefficient (Wildman–Crippen LogP) is 1.04. The molecule has 1 fully saturated rings. The van der Waals surface area contributed by atoms with Gasteiger partial charge in [-0.05, 0) is 19.3 Å². The van der Waals surface area contributed by atoms with Crippen LogP contribution in [0.1, 0.15) is 19.3 Å². The summed E-state index contributed by atoms with van der Waals surface area (Å²) >= 11 is 0. The summed E-state index contributed by atoms with van der Waals surface area (Å²) in [7, 11) is 0. The van der Waals surface area contributed by atoms with Crippen molar-refractivity contribution in [3.63, 3.8) is 0 Å². The predicted molar refractivity (Wildman–Crippen MR) is 41.1 cm³/mol. The van der Waals surface area contributed by atoms with Gasteiger partial charge in [0.05, 0.1) is 0 Å². The normalized spacial score (nSPS) is 29.8. The molecule has 0 amide bonds. The van der Waals surface area contributed by atoms with Crippen molar-refractivity contribution >= 4 is 11.9 Å². The molecular formula is C9H10O3. The van der Waals surface area contributed by atoms with Gasteiger partial charge in [0.1, 0.15) is 0 Å². The standard InChI is InChI=1S/C9H10O3/c10-8-7(9(11)12-8)6-4-2-1-3-5-6/h2,4,6-7H,1,3,5H2. The highest BCUT2D eigenvalue weighted by Crippen LogP contribution is 2.31. The molecule has 1 saturated heterocycles. The first-order chi connectivity index (χ1) is 5.79. The minimum Gasteiger partial charge on any atom is -0.392 e. The number of carbonyl (C=O) groups excluding carboxylic acids is 2. The maximum atomic E-state index is 10.9. The molecule has 1 aliphatic carbocycles. The Hall–Kier alpha value is -1.12. The van der Waals surface area contributed by atoms with Crippen molar-refractivity contribution in [2.45, 2.75) is 19.3 Å². The number of cyclic esters (lactones) is 2. The first-order valence-electron chi connectivity index (χ1n) is 4.21. The molecule has 3 nitrogen and oxygen atoms in total. The number of allylic oxidation sites excluding steroid dienone is 2. The molecule has 1 heterocycles. The van der Waals surface area contributed by atoms with Gasteiger partial charge >= 0.3 is 11.9 Å². The lowest BCUT2D eigenvalue weighted by molar-refractivity contribution is -0.186. The molecule has 0 N–H and O–H groups in total. The number of hydrogen-bond acceptors (Lipinski definition) is 3. The molecule has 3 heteroatoms. The van der Waals surface area contributed by atoms with E-state index in [0.717, 1.165) is 19.3 Å². The summed E-state index contributed by atoms with van der Waals surface area (Å²) in [6, 6.07) is 0. The van der Waals surface area contributed by atoms with Gasteiger partial charge in [-0.2, -0.15) is 0 Å². The van der Waals surface area contributed by atoms with Crippen LogP contribution in [0.25, 0.3) is 0 Å². The molecule has 2 rings (SSSR count). The van der Waals surface area contributed by atoms with Crippen molar-refractivity contribution in [3.05, 3.63) is 12.2 Å². The molecule has 12 heavy (non-hydrogen) atoms. The average molecular weight is 166 g/mol. The summed E-state index contributed by atoms with van der Waals surface area (Å²) in [5, 5.41) is 0. The average Bonchev–Trinajstić information content (AvgIpc) is 2.05. The highest BCUT2D eigenvalue weighted by Gasteiger charge is 2.46. The lowest BCUT2D eigenvalue weighted by Gasteiger charge is -2.29. The lowest BCUT2D eigenvalue weighted by atomic mass is 9.82. The molecule has 0 aromatic carbocycles. The Morgan fingerprint density at radius 2 is 2.08 bits per heavy atom. The van der Waals surface area contributed by atoms with Crippen molar-refractivity contribution in [1.82, 2.24) is 0 Å². The number of esters is 2. The number of ether oxygens (including phenoxy) is 1. The van der Waals surface area contributed by atoms with E-state index in [1.807, 2.05) is 12.2 Å². The quantitative estimate of drug-likeness (QED) is 0.332. The van der Waals surface area contributed by atoms with Crippen LogP contribution in [0.5, 0.6) is 0 Å². The topological polar surface area (TPSA) is 43.4 Å². The fraction of sp³-hybridized carbons (Fsp3) is 0.556.